The summed E-state index contributed by atoms with van der Waals surface area (Å²) in [7, 11) is 0. The average molecular weight is 338 g/mol. The van der Waals surface area contributed by atoms with Gasteiger partial charge in [0.25, 0.3) is 0 Å². The molecule has 0 unspecified atom stereocenters. The molecular weight excluding hydrogens is 320 g/mol. The molecule has 0 aliphatic heterocycles. The maximum Gasteiger partial charge on any atom is 0.102 e. The zero-order chi connectivity index (χ0) is 17.6. The smallest absolute Gasteiger partial charge is 0.102 e. The van der Waals surface area contributed by atoms with E-state index < -0.39 is 0 Å². The zero-order valence-corrected chi connectivity index (χ0v) is 14.2. The van der Waals surface area contributed by atoms with Gasteiger partial charge in [-0.15, -0.1) is 0 Å². The summed E-state index contributed by atoms with van der Waals surface area (Å²) in [6, 6.07) is 30.1. The van der Waals surface area contributed by atoms with Crippen molar-refractivity contribution in [3.05, 3.63) is 103 Å². The molecule has 4 nitrogen and oxygen atoms in total. The number of hydrazone groups is 1. The van der Waals surface area contributed by atoms with Gasteiger partial charge >= 0.3 is 0 Å². The predicted octanol–water partition coefficient (Wildman–Crippen LogP) is 4.99. The molecule has 1 N–H and O–H groups in total. The Kier molecular flexibility index (Phi) is 4.56. The van der Waals surface area contributed by atoms with E-state index in [4.69, 9.17) is 5.10 Å². The van der Waals surface area contributed by atoms with E-state index in [0.717, 1.165) is 28.2 Å². The summed E-state index contributed by atoms with van der Waals surface area (Å²) in [6.45, 7) is 0. The van der Waals surface area contributed by atoms with E-state index in [1.54, 1.807) is 0 Å². The van der Waals surface area contributed by atoms with Crippen molar-refractivity contribution in [3.8, 4) is 16.9 Å². The van der Waals surface area contributed by atoms with Crippen LogP contribution in [-0.4, -0.2) is 16.0 Å². The summed E-state index contributed by atoms with van der Waals surface area (Å²) < 4.78 is 1.88. The molecule has 1 heterocycles. The van der Waals surface area contributed by atoms with E-state index in [1.165, 1.54) is 0 Å². The normalized spacial score (nSPS) is 10.9. The standard InChI is InChI=1S/C22H18N4/c1-4-10-18(11-5-1)22-19(16-23-24-20-12-6-2-7-13-20)17-26(25-22)21-14-8-3-9-15-21/h1-17,24H. The van der Waals surface area contributed by atoms with E-state index in [1.807, 2.05) is 96.0 Å². The first-order chi connectivity index (χ1) is 12.9. The van der Waals surface area contributed by atoms with Gasteiger partial charge in [0.2, 0.25) is 0 Å². The van der Waals surface area contributed by atoms with Gasteiger partial charge < -0.3 is 0 Å². The van der Waals surface area contributed by atoms with Crippen molar-refractivity contribution in [3.63, 3.8) is 0 Å². The third-order valence-electron chi connectivity index (χ3n) is 3.98. The van der Waals surface area contributed by atoms with Gasteiger partial charge in [-0.25, -0.2) is 4.68 Å². The van der Waals surface area contributed by atoms with Crippen molar-refractivity contribution in [1.29, 1.82) is 0 Å². The summed E-state index contributed by atoms with van der Waals surface area (Å²) in [4.78, 5) is 0. The van der Waals surface area contributed by atoms with Crippen LogP contribution < -0.4 is 5.43 Å². The summed E-state index contributed by atoms with van der Waals surface area (Å²) in [5, 5.41) is 9.15. The van der Waals surface area contributed by atoms with E-state index in [9.17, 15) is 0 Å². The van der Waals surface area contributed by atoms with Crippen LogP contribution in [0.1, 0.15) is 5.56 Å². The molecule has 0 spiro atoms. The van der Waals surface area contributed by atoms with E-state index in [2.05, 4.69) is 22.7 Å². The highest BCUT2D eigenvalue weighted by molar-refractivity contribution is 5.89. The molecule has 0 fully saturated rings. The maximum atomic E-state index is 4.77. The summed E-state index contributed by atoms with van der Waals surface area (Å²) in [5.74, 6) is 0. The second kappa shape index (κ2) is 7.49. The van der Waals surface area contributed by atoms with Gasteiger partial charge in [-0.05, 0) is 24.3 Å². The van der Waals surface area contributed by atoms with Crippen molar-refractivity contribution in [2.75, 3.05) is 5.43 Å². The lowest BCUT2D eigenvalue weighted by Gasteiger charge is -2.00. The van der Waals surface area contributed by atoms with Crippen LogP contribution in [0.4, 0.5) is 5.69 Å². The fourth-order valence-corrected chi connectivity index (χ4v) is 2.70. The number of rotatable bonds is 5. The van der Waals surface area contributed by atoms with Crippen LogP contribution in [0.3, 0.4) is 0 Å². The molecular formula is C22H18N4. The lowest BCUT2D eigenvalue weighted by atomic mass is 10.1. The molecule has 0 atom stereocenters. The Morgan fingerprint density at radius 3 is 2.08 bits per heavy atom. The Morgan fingerprint density at radius 1 is 0.769 bits per heavy atom. The van der Waals surface area contributed by atoms with Crippen molar-refractivity contribution in [2.24, 2.45) is 5.10 Å². The second-order valence-corrected chi connectivity index (χ2v) is 5.82. The van der Waals surface area contributed by atoms with Gasteiger partial charge in [-0.2, -0.15) is 10.2 Å². The van der Waals surface area contributed by atoms with Gasteiger partial charge in [0.05, 0.1) is 17.6 Å². The molecule has 4 aromatic rings. The van der Waals surface area contributed by atoms with Crippen molar-refractivity contribution >= 4 is 11.9 Å². The number of para-hydroxylation sites is 2. The van der Waals surface area contributed by atoms with Gasteiger partial charge in [-0.3, -0.25) is 5.43 Å². The number of hydrogen-bond donors (Lipinski definition) is 1. The topological polar surface area (TPSA) is 42.2 Å². The Balaban J connectivity index is 1.69. The molecule has 0 bridgehead atoms. The fraction of sp³-hybridized carbons (Fsp3) is 0. The van der Waals surface area contributed by atoms with Crippen LogP contribution in [0, 0.1) is 0 Å². The minimum absolute atomic E-state index is 0.896. The highest BCUT2D eigenvalue weighted by Gasteiger charge is 2.10. The van der Waals surface area contributed by atoms with Gasteiger partial charge in [0.1, 0.15) is 5.69 Å². The third kappa shape index (κ3) is 3.54. The largest absolute Gasteiger partial charge is 0.279 e. The minimum atomic E-state index is 0.896. The Bertz CT molecular complexity index is 990. The molecule has 3 aromatic carbocycles. The molecule has 4 heteroatoms. The molecule has 4 rings (SSSR count). The third-order valence-corrected chi connectivity index (χ3v) is 3.98. The molecule has 126 valence electrons. The van der Waals surface area contributed by atoms with Crippen molar-refractivity contribution < 1.29 is 0 Å². The number of anilines is 1. The first-order valence-corrected chi connectivity index (χ1v) is 8.45. The molecule has 26 heavy (non-hydrogen) atoms. The Labute approximate surface area is 152 Å². The predicted molar refractivity (Wildman–Crippen MR) is 107 cm³/mol. The molecule has 0 saturated heterocycles. The number of hydrogen-bond acceptors (Lipinski definition) is 3. The van der Waals surface area contributed by atoms with Gasteiger partial charge in [0.15, 0.2) is 0 Å². The summed E-state index contributed by atoms with van der Waals surface area (Å²) in [6.07, 6.45) is 3.80. The SMILES string of the molecule is C(=NNc1ccccc1)c1cn(-c2ccccc2)nc1-c1ccccc1. The van der Waals surface area contributed by atoms with Gasteiger partial charge in [0, 0.05) is 17.3 Å². The Hall–Kier alpha value is -3.66. The number of benzene rings is 3. The highest BCUT2D eigenvalue weighted by Crippen LogP contribution is 2.22. The monoisotopic (exact) mass is 338 g/mol. The number of nitrogens with one attached hydrogen (secondary N) is 1. The summed E-state index contributed by atoms with van der Waals surface area (Å²) >= 11 is 0. The first kappa shape index (κ1) is 15.8. The molecule has 0 aliphatic carbocycles. The van der Waals surface area contributed by atoms with Crippen LogP contribution in [0.5, 0.6) is 0 Å². The van der Waals surface area contributed by atoms with Crippen molar-refractivity contribution in [2.45, 2.75) is 0 Å². The van der Waals surface area contributed by atoms with E-state index in [-0.39, 0.29) is 0 Å². The average Bonchev–Trinajstić information content (AvgIpc) is 3.14. The number of nitrogens with zero attached hydrogens (tertiary/aromatic N) is 3. The van der Waals surface area contributed by atoms with Crippen LogP contribution >= 0.6 is 0 Å². The molecule has 0 radical (unpaired) electrons. The van der Waals surface area contributed by atoms with Crippen LogP contribution in [0.25, 0.3) is 16.9 Å². The Morgan fingerprint density at radius 2 is 1.38 bits per heavy atom. The highest BCUT2D eigenvalue weighted by atomic mass is 15.3. The molecule has 0 amide bonds. The maximum absolute atomic E-state index is 4.77. The second-order valence-electron chi connectivity index (χ2n) is 5.82. The van der Waals surface area contributed by atoms with Crippen LogP contribution in [-0.2, 0) is 0 Å². The number of aromatic nitrogens is 2. The zero-order valence-electron chi connectivity index (χ0n) is 14.2. The quantitative estimate of drug-likeness (QED) is 0.412. The van der Waals surface area contributed by atoms with E-state index >= 15 is 0 Å². The lowest BCUT2D eigenvalue weighted by molar-refractivity contribution is 0.884. The lowest BCUT2D eigenvalue weighted by Crippen LogP contribution is -1.93. The molecule has 1 aromatic heterocycles. The van der Waals surface area contributed by atoms with Gasteiger partial charge in [-0.1, -0.05) is 66.7 Å². The molecule has 0 aliphatic rings. The van der Waals surface area contributed by atoms with Crippen LogP contribution in [0.2, 0.25) is 0 Å². The van der Waals surface area contributed by atoms with Crippen LogP contribution in [0.15, 0.2) is 102 Å². The van der Waals surface area contributed by atoms with Crippen molar-refractivity contribution in [1.82, 2.24) is 9.78 Å². The van der Waals surface area contributed by atoms with E-state index in [0.29, 0.717) is 0 Å². The summed E-state index contributed by atoms with van der Waals surface area (Å²) in [5.41, 5.74) is 7.92. The first-order valence-electron chi connectivity index (χ1n) is 8.45. The molecule has 0 saturated carbocycles. The minimum Gasteiger partial charge on any atom is -0.279 e. The fourth-order valence-electron chi connectivity index (χ4n) is 2.70.